The standard InChI is InChI=1S/C15H19N3O2S2/c1-3-4-8-20-13(19)10-21-15-18-17-14(22-15)16-12-7-5-6-11(2)9-12/h5-7,9H,3-4,8,10H2,1-2H3,(H,16,17). The number of hydrogen-bond donors (Lipinski definition) is 1. The first-order chi connectivity index (χ1) is 10.7. The third-order valence-corrected chi connectivity index (χ3v) is 4.70. The normalized spacial score (nSPS) is 10.5. The lowest BCUT2D eigenvalue weighted by Gasteiger charge is -2.02. The zero-order chi connectivity index (χ0) is 15.8. The molecule has 1 N–H and O–H groups in total. The molecule has 1 heterocycles. The minimum Gasteiger partial charge on any atom is -0.465 e. The lowest BCUT2D eigenvalue weighted by molar-refractivity contribution is -0.140. The summed E-state index contributed by atoms with van der Waals surface area (Å²) in [5, 5.41) is 12.1. The van der Waals surface area contributed by atoms with Crippen LogP contribution in [0.4, 0.5) is 10.8 Å². The van der Waals surface area contributed by atoms with Gasteiger partial charge >= 0.3 is 5.97 Å². The molecule has 22 heavy (non-hydrogen) atoms. The summed E-state index contributed by atoms with van der Waals surface area (Å²) in [6, 6.07) is 8.04. The minimum atomic E-state index is -0.207. The van der Waals surface area contributed by atoms with Gasteiger partial charge in [0, 0.05) is 5.69 Å². The number of nitrogens with one attached hydrogen (secondary N) is 1. The van der Waals surface area contributed by atoms with Gasteiger partial charge in [-0.1, -0.05) is 48.6 Å². The van der Waals surface area contributed by atoms with Crippen molar-refractivity contribution < 1.29 is 9.53 Å². The molecule has 2 rings (SSSR count). The van der Waals surface area contributed by atoms with E-state index < -0.39 is 0 Å². The van der Waals surface area contributed by atoms with Gasteiger partial charge in [-0.15, -0.1) is 10.2 Å². The third-order valence-electron chi connectivity index (χ3n) is 2.75. The van der Waals surface area contributed by atoms with E-state index in [0.29, 0.717) is 11.7 Å². The number of rotatable bonds is 8. The molecule has 0 amide bonds. The number of aryl methyl sites for hydroxylation is 1. The van der Waals surface area contributed by atoms with Crippen LogP contribution in [0.3, 0.4) is 0 Å². The van der Waals surface area contributed by atoms with E-state index in [1.54, 1.807) is 0 Å². The van der Waals surface area contributed by atoms with Gasteiger partial charge in [0.1, 0.15) is 0 Å². The first-order valence-electron chi connectivity index (χ1n) is 7.13. The molecule has 0 saturated carbocycles. The highest BCUT2D eigenvalue weighted by molar-refractivity contribution is 8.01. The molecule has 0 aliphatic carbocycles. The van der Waals surface area contributed by atoms with Crippen LogP contribution < -0.4 is 5.32 Å². The predicted molar refractivity (Wildman–Crippen MR) is 91.0 cm³/mol. The van der Waals surface area contributed by atoms with Gasteiger partial charge in [0.05, 0.1) is 12.4 Å². The Morgan fingerprint density at radius 3 is 3.05 bits per heavy atom. The Balaban J connectivity index is 1.80. The molecule has 0 bridgehead atoms. The van der Waals surface area contributed by atoms with Gasteiger partial charge in [-0.25, -0.2) is 0 Å². The van der Waals surface area contributed by atoms with E-state index in [1.165, 1.54) is 28.7 Å². The molecule has 1 aromatic heterocycles. The van der Waals surface area contributed by atoms with Gasteiger partial charge in [0.15, 0.2) is 4.34 Å². The van der Waals surface area contributed by atoms with Crippen molar-refractivity contribution in [2.45, 2.75) is 31.0 Å². The van der Waals surface area contributed by atoms with Gasteiger partial charge in [0.2, 0.25) is 5.13 Å². The molecule has 0 saturated heterocycles. The van der Waals surface area contributed by atoms with Crippen LogP contribution in [0.25, 0.3) is 0 Å². The highest BCUT2D eigenvalue weighted by Crippen LogP contribution is 2.27. The summed E-state index contributed by atoms with van der Waals surface area (Å²) < 4.78 is 5.85. The Morgan fingerprint density at radius 1 is 1.41 bits per heavy atom. The number of unbranched alkanes of at least 4 members (excludes halogenated alkanes) is 1. The maximum Gasteiger partial charge on any atom is 0.316 e. The molecule has 0 radical (unpaired) electrons. The molecule has 0 aliphatic rings. The largest absolute Gasteiger partial charge is 0.465 e. The zero-order valence-electron chi connectivity index (χ0n) is 12.7. The van der Waals surface area contributed by atoms with Crippen molar-refractivity contribution in [2.75, 3.05) is 17.7 Å². The van der Waals surface area contributed by atoms with E-state index in [1.807, 2.05) is 31.2 Å². The highest BCUT2D eigenvalue weighted by atomic mass is 32.2. The van der Waals surface area contributed by atoms with Crippen LogP contribution in [-0.2, 0) is 9.53 Å². The number of esters is 1. The first kappa shape index (κ1) is 16.8. The Bertz CT molecular complexity index is 616. The summed E-state index contributed by atoms with van der Waals surface area (Å²) in [6.45, 7) is 4.59. The summed E-state index contributed by atoms with van der Waals surface area (Å²) in [6.07, 6.45) is 1.92. The second-order valence-corrected chi connectivity index (χ2v) is 6.93. The molecular formula is C15H19N3O2S2. The number of ether oxygens (including phenoxy) is 1. The van der Waals surface area contributed by atoms with E-state index in [9.17, 15) is 4.79 Å². The maximum absolute atomic E-state index is 11.5. The van der Waals surface area contributed by atoms with Crippen LogP contribution in [0, 0.1) is 6.92 Å². The third kappa shape index (κ3) is 5.65. The summed E-state index contributed by atoms with van der Waals surface area (Å²) in [5.74, 6) is 0.0600. The van der Waals surface area contributed by atoms with Crippen molar-refractivity contribution in [3.8, 4) is 0 Å². The molecule has 5 nitrogen and oxygen atoms in total. The number of anilines is 2. The number of nitrogens with zero attached hydrogens (tertiary/aromatic N) is 2. The Kier molecular flexibility index (Phi) is 6.67. The van der Waals surface area contributed by atoms with E-state index in [2.05, 4.69) is 22.4 Å². The van der Waals surface area contributed by atoms with Crippen molar-refractivity contribution in [3.05, 3.63) is 29.8 Å². The van der Waals surface area contributed by atoms with Crippen LogP contribution in [-0.4, -0.2) is 28.5 Å². The molecule has 0 spiro atoms. The molecule has 0 aliphatic heterocycles. The van der Waals surface area contributed by atoms with E-state index in [4.69, 9.17) is 4.74 Å². The lowest BCUT2D eigenvalue weighted by atomic mass is 10.2. The van der Waals surface area contributed by atoms with Crippen LogP contribution >= 0.6 is 23.1 Å². The predicted octanol–water partition coefficient (Wildman–Crippen LogP) is 4.03. The minimum absolute atomic E-state index is 0.207. The molecule has 0 fully saturated rings. The van der Waals surface area contributed by atoms with Crippen LogP contribution in [0.1, 0.15) is 25.3 Å². The molecule has 118 valence electrons. The molecule has 0 atom stereocenters. The van der Waals surface area contributed by atoms with Crippen LogP contribution in [0.5, 0.6) is 0 Å². The molecule has 7 heteroatoms. The van der Waals surface area contributed by atoms with Gasteiger partial charge in [-0.2, -0.15) is 0 Å². The average Bonchev–Trinajstić information content (AvgIpc) is 2.93. The fourth-order valence-electron chi connectivity index (χ4n) is 1.66. The fourth-order valence-corrected chi connectivity index (χ4v) is 3.23. The van der Waals surface area contributed by atoms with Crippen molar-refractivity contribution in [1.29, 1.82) is 0 Å². The smallest absolute Gasteiger partial charge is 0.316 e. The summed E-state index contributed by atoms with van der Waals surface area (Å²) in [5.41, 5.74) is 2.16. The monoisotopic (exact) mass is 337 g/mol. The number of aromatic nitrogens is 2. The van der Waals surface area contributed by atoms with Crippen molar-refractivity contribution in [1.82, 2.24) is 10.2 Å². The average molecular weight is 337 g/mol. The lowest BCUT2D eigenvalue weighted by Crippen LogP contribution is -2.08. The molecular weight excluding hydrogens is 318 g/mol. The summed E-state index contributed by atoms with van der Waals surface area (Å²) in [4.78, 5) is 11.5. The summed E-state index contributed by atoms with van der Waals surface area (Å²) >= 11 is 2.78. The molecule has 0 unspecified atom stereocenters. The first-order valence-corrected chi connectivity index (χ1v) is 8.93. The topological polar surface area (TPSA) is 64.1 Å². The Hall–Kier alpha value is -1.60. The second-order valence-electron chi connectivity index (χ2n) is 4.73. The fraction of sp³-hybridized carbons (Fsp3) is 0.400. The van der Waals surface area contributed by atoms with Gasteiger partial charge in [-0.3, -0.25) is 4.79 Å². The molecule has 2 aromatic rings. The van der Waals surface area contributed by atoms with Gasteiger partial charge in [0.25, 0.3) is 0 Å². The Labute approximate surface area is 138 Å². The number of benzene rings is 1. The maximum atomic E-state index is 11.5. The quantitative estimate of drug-likeness (QED) is 0.446. The summed E-state index contributed by atoms with van der Waals surface area (Å²) in [7, 11) is 0. The number of carbonyl (C=O) groups excluding carboxylic acids is 1. The number of hydrogen-bond acceptors (Lipinski definition) is 7. The highest BCUT2D eigenvalue weighted by Gasteiger charge is 2.09. The van der Waals surface area contributed by atoms with E-state index in [0.717, 1.165) is 22.9 Å². The zero-order valence-corrected chi connectivity index (χ0v) is 14.3. The van der Waals surface area contributed by atoms with Crippen LogP contribution in [0.2, 0.25) is 0 Å². The number of carbonyl (C=O) groups is 1. The van der Waals surface area contributed by atoms with Crippen molar-refractivity contribution >= 4 is 39.9 Å². The van der Waals surface area contributed by atoms with Crippen LogP contribution in [0.15, 0.2) is 28.6 Å². The SMILES string of the molecule is CCCCOC(=O)CSc1nnc(Nc2cccc(C)c2)s1. The van der Waals surface area contributed by atoms with Gasteiger partial charge < -0.3 is 10.1 Å². The molecule has 1 aromatic carbocycles. The second kappa shape index (κ2) is 8.75. The van der Waals surface area contributed by atoms with E-state index >= 15 is 0 Å². The Morgan fingerprint density at radius 2 is 2.27 bits per heavy atom. The van der Waals surface area contributed by atoms with Gasteiger partial charge in [-0.05, 0) is 31.0 Å². The van der Waals surface area contributed by atoms with Crippen molar-refractivity contribution in [2.24, 2.45) is 0 Å². The van der Waals surface area contributed by atoms with E-state index in [-0.39, 0.29) is 11.7 Å². The number of thioether (sulfide) groups is 1. The van der Waals surface area contributed by atoms with Crippen molar-refractivity contribution in [3.63, 3.8) is 0 Å².